The molecule has 2 aliphatic heterocycles. The Labute approximate surface area is 133 Å². The van der Waals surface area contributed by atoms with Crippen molar-refractivity contribution in [2.75, 3.05) is 32.7 Å². The topological polar surface area (TPSA) is 52.7 Å². The lowest BCUT2D eigenvalue weighted by Crippen LogP contribution is -2.57. The van der Waals surface area contributed by atoms with E-state index < -0.39 is 11.6 Å². The van der Waals surface area contributed by atoms with Crippen molar-refractivity contribution < 1.29 is 18.4 Å². The van der Waals surface area contributed by atoms with Crippen LogP contribution in [0.2, 0.25) is 0 Å². The number of amides is 2. The third-order valence-corrected chi connectivity index (χ3v) is 4.42. The van der Waals surface area contributed by atoms with Crippen molar-refractivity contribution in [2.45, 2.75) is 18.9 Å². The molecule has 1 atom stereocenters. The van der Waals surface area contributed by atoms with Gasteiger partial charge in [-0.1, -0.05) is 0 Å². The number of benzene rings is 1. The molecule has 5 nitrogen and oxygen atoms in total. The standard InChI is InChI=1S/C16H19F2N3O2/c17-13-4-3-11(8-14(13)18)16(23)20-6-1-2-12(10-20)21-7-5-19-9-15(21)22/h3-4,8,12,19H,1-2,5-7,9-10H2. The molecule has 0 aliphatic carbocycles. The van der Waals surface area contributed by atoms with Crippen LogP contribution in [0.15, 0.2) is 18.2 Å². The Morgan fingerprint density at radius 3 is 2.78 bits per heavy atom. The van der Waals surface area contributed by atoms with E-state index in [0.717, 1.165) is 31.5 Å². The fourth-order valence-electron chi connectivity index (χ4n) is 3.21. The molecule has 1 aromatic carbocycles. The van der Waals surface area contributed by atoms with Crippen LogP contribution < -0.4 is 5.32 Å². The predicted molar refractivity (Wildman–Crippen MR) is 79.9 cm³/mol. The van der Waals surface area contributed by atoms with E-state index in [-0.39, 0.29) is 23.4 Å². The Morgan fingerprint density at radius 2 is 2.04 bits per heavy atom. The van der Waals surface area contributed by atoms with E-state index in [1.165, 1.54) is 6.07 Å². The molecule has 0 spiro atoms. The largest absolute Gasteiger partial charge is 0.337 e. The van der Waals surface area contributed by atoms with Gasteiger partial charge in [0, 0.05) is 37.8 Å². The predicted octanol–water partition coefficient (Wildman–Crippen LogP) is 1.00. The lowest BCUT2D eigenvalue weighted by Gasteiger charge is -2.41. The molecule has 0 aromatic heterocycles. The molecule has 7 heteroatoms. The highest BCUT2D eigenvalue weighted by molar-refractivity contribution is 5.94. The number of piperazine rings is 1. The maximum atomic E-state index is 13.3. The molecule has 1 N–H and O–H groups in total. The smallest absolute Gasteiger partial charge is 0.254 e. The minimum absolute atomic E-state index is 0.00686. The zero-order chi connectivity index (χ0) is 16.4. The molecule has 0 saturated carbocycles. The van der Waals surface area contributed by atoms with Gasteiger partial charge < -0.3 is 15.1 Å². The minimum Gasteiger partial charge on any atom is -0.337 e. The summed E-state index contributed by atoms with van der Waals surface area (Å²) in [5, 5.41) is 3.03. The van der Waals surface area contributed by atoms with E-state index in [2.05, 4.69) is 5.32 Å². The van der Waals surface area contributed by atoms with Crippen LogP contribution >= 0.6 is 0 Å². The molecular weight excluding hydrogens is 304 g/mol. The van der Waals surface area contributed by atoms with Gasteiger partial charge in [0.15, 0.2) is 11.6 Å². The number of carbonyl (C=O) groups is 2. The normalized spacial score (nSPS) is 22.3. The average Bonchev–Trinajstić information content (AvgIpc) is 2.57. The minimum atomic E-state index is -1.03. The van der Waals surface area contributed by atoms with Gasteiger partial charge in [0.2, 0.25) is 5.91 Å². The van der Waals surface area contributed by atoms with Gasteiger partial charge in [-0.25, -0.2) is 8.78 Å². The van der Waals surface area contributed by atoms with Crippen LogP contribution in [0, 0.1) is 11.6 Å². The quantitative estimate of drug-likeness (QED) is 0.883. The Hall–Kier alpha value is -2.02. The van der Waals surface area contributed by atoms with Gasteiger partial charge in [-0.15, -0.1) is 0 Å². The van der Waals surface area contributed by atoms with Crippen molar-refractivity contribution in [3.8, 4) is 0 Å². The number of likely N-dealkylation sites (tertiary alicyclic amines) is 1. The first kappa shape index (κ1) is 15.9. The Bertz CT molecular complexity index is 623. The van der Waals surface area contributed by atoms with E-state index in [0.29, 0.717) is 26.2 Å². The summed E-state index contributed by atoms with van der Waals surface area (Å²) < 4.78 is 26.3. The van der Waals surface area contributed by atoms with Crippen LogP contribution in [0.1, 0.15) is 23.2 Å². The van der Waals surface area contributed by atoms with Gasteiger partial charge >= 0.3 is 0 Å². The molecule has 2 heterocycles. The molecule has 2 saturated heterocycles. The monoisotopic (exact) mass is 323 g/mol. The van der Waals surface area contributed by atoms with Gasteiger partial charge in [0.05, 0.1) is 6.54 Å². The summed E-state index contributed by atoms with van der Waals surface area (Å²) in [4.78, 5) is 27.9. The zero-order valence-corrected chi connectivity index (χ0v) is 12.7. The van der Waals surface area contributed by atoms with Crippen LogP contribution in [-0.2, 0) is 4.79 Å². The third-order valence-electron chi connectivity index (χ3n) is 4.42. The number of carbonyl (C=O) groups excluding carboxylic acids is 2. The molecule has 3 rings (SSSR count). The second-order valence-corrected chi connectivity index (χ2v) is 5.94. The first-order valence-electron chi connectivity index (χ1n) is 7.81. The number of piperidine rings is 1. The van der Waals surface area contributed by atoms with E-state index in [9.17, 15) is 18.4 Å². The number of halogens is 2. The van der Waals surface area contributed by atoms with Crippen LogP contribution in [0.4, 0.5) is 8.78 Å². The summed E-state index contributed by atoms with van der Waals surface area (Å²) in [6.45, 7) is 2.71. The second-order valence-electron chi connectivity index (χ2n) is 5.94. The molecule has 2 amide bonds. The van der Waals surface area contributed by atoms with Crippen LogP contribution in [0.5, 0.6) is 0 Å². The van der Waals surface area contributed by atoms with Crippen LogP contribution in [0.3, 0.4) is 0 Å². The van der Waals surface area contributed by atoms with Crippen molar-refractivity contribution in [2.24, 2.45) is 0 Å². The van der Waals surface area contributed by atoms with Crippen LogP contribution in [-0.4, -0.2) is 60.4 Å². The SMILES string of the molecule is O=C(c1ccc(F)c(F)c1)N1CCCC(N2CCNCC2=O)C1. The average molecular weight is 323 g/mol. The fraction of sp³-hybridized carbons (Fsp3) is 0.500. The molecule has 0 bridgehead atoms. The lowest BCUT2D eigenvalue weighted by atomic mass is 10.0. The second kappa shape index (κ2) is 6.62. The summed E-state index contributed by atoms with van der Waals surface area (Å²) in [6.07, 6.45) is 1.64. The van der Waals surface area contributed by atoms with Crippen molar-refractivity contribution in [1.29, 1.82) is 0 Å². The summed E-state index contributed by atoms with van der Waals surface area (Å²) in [5.74, 6) is -2.27. The highest BCUT2D eigenvalue weighted by atomic mass is 19.2. The molecule has 1 unspecified atom stereocenters. The lowest BCUT2D eigenvalue weighted by molar-refractivity contribution is -0.135. The highest BCUT2D eigenvalue weighted by Gasteiger charge is 2.32. The van der Waals surface area contributed by atoms with E-state index in [1.54, 1.807) is 4.90 Å². The fourth-order valence-corrected chi connectivity index (χ4v) is 3.21. The first-order chi connectivity index (χ1) is 11.1. The van der Waals surface area contributed by atoms with Crippen molar-refractivity contribution >= 4 is 11.8 Å². The highest BCUT2D eigenvalue weighted by Crippen LogP contribution is 2.20. The Kier molecular flexibility index (Phi) is 4.56. The number of nitrogens with one attached hydrogen (secondary N) is 1. The van der Waals surface area contributed by atoms with Gasteiger partial charge in [-0.05, 0) is 31.0 Å². The van der Waals surface area contributed by atoms with Gasteiger partial charge in [0.1, 0.15) is 0 Å². The molecule has 0 radical (unpaired) electrons. The molecule has 124 valence electrons. The number of nitrogens with zero attached hydrogens (tertiary/aromatic N) is 2. The van der Waals surface area contributed by atoms with E-state index >= 15 is 0 Å². The number of rotatable bonds is 2. The summed E-state index contributed by atoms with van der Waals surface area (Å²) in [5.41, 5.74) is 0.135. The maximum Gasteiger partial charge on any atom is 0.254 e. The summed E-state index contributed by atoms with van der Waals surface area (Å²) in [7, 11) is 0. The van der Waals surface area contributed by atoms with Crippen molar-refractivity contribution in [1.82, 2.24) is 15.1 Å². The molecule has 1 aromatic rings. The third kappa shape index (κ3) is 3.34. The van der Waals surface area contributed by atoms with Gasteiger partial charge in [-0.2, -0.15) is 0 Å². The van der Waals surface area contributed by atoms with E-state index in [1.807, 2.05) is 4.90 Å². The molecule has 23 heavy (non-hydrogen) atoms. The zero-order valence-electron chi connectivity index (χ0n) is 12.7. The summed E-state index contributed by atoms with van der Waals surface area (Å²) in [6, 6.07) is 3.18. The molecule has 2 aliphatic rings. The number of hydrogen-bond donors (Lipinski definition) is 1. The maximum absolute atomic E-state index is 13.3. The summed E-state index contributed by atoms with van der Waals surface area (Å²) >= 11 is 0. The Balaban J connectivity index is 1.71. The molecule has 2 fully saturated rings. The Morgan fingerprint density at radius 1 is 1.22 bits per heavy atom. The van der Waals surface area contributed by atoms with Crippen LogP contribution in [0.25, 0.3) is 0 Å². The van der Waals surface area contributed by atoms with E-state index in [4.69, 9.17) is 0 Å². The number of hydrogen-bond acceptors (Lipinski definition) is 3. The van der Waals surface area contributed by atoms with Crippen molar-refractivity contribution in [3.05, 3.63) is 35.4 Å². The van der Waals surface area contributed by atoms with Crippen molar-refractivity contribution in [3.63, 3.8) is 0 Å². The molecular formula is C16H19F2N3O2. The first-order valence-corrected chi connectivity index (χ1v) is 7.81. The van der Waals surface area contributed by atoms with Gasteiger partial charge in [-0.3, -0.25) is 9.59 Å². The van der Waals surface area contributed by atoms with Gasteiger partial charge in [0.25, 0.3) is 5.91 Å².